The van der Waals surface area contributed by atoms with E-state index in [4.69, 9.17) is 20.7 Å². The van der Waals surface area contributed by atoms with Crippen LogP contribution in [-0.4, -0.2) is 60.4 Å². The molecule has 0 bridgehead atoms. The maximum atomic E-state index is 13.1. The van der Waals surface area contributed by atoms with Crippen molar-refractivity contribution in [1.82, 2.24) is 29.6 Å². The third-order valence-electron chi connectivity index (χ3n) is 7.43. The number of carbonyl (C=O) groups is 2. The van der Waals surface area contributed by atoms with Gasteiger partial charge in [0.1, 0.15) is 11.5 Å². The number of benzene rings is 1. The molecule has 4 N–H and O–H groups in total. The first-order valence-corrected chi connectivity index (χ1v) is 13.3. The van der Waals surface area contributed by atoms with E-state index in [9.17, 15) is 18.0 Å². The van der Waals surface area contributed by atoms with Crippen LogP contribution in [0.25, 0.3) is 21.9 Å². The molecular weight excluding hydrogens is 539 g/mol. The fraction of sp³-hybridized carbons (Fsp3) is 0.393. The Kier molecular flexibility index (Phi) is 6.65. The first kappa shape index (κ1) is 26.8. The highest BCUT2D eigenvalue weighted by Crippen LogP contribution is 2.38. The van der Waals surface area contributed by atoms with Crippen molar-refractivity contribution in [3.8, 4) is 11.8 Å². The number of hydrogen-bond donors (Lipinski definition) is 3. The number of nitrogens with zero attached hydrogens (tertiary/aromatic N) is 5. The number of pyridine rings is 1. The zero-order valence-corrected chi connectivity index (χ0v) is 21.8. The predicted molar refractivity (Wildman–Crippen MR) is 143 cm³/mol. The van der Waals surface area contributed by atoms with E-state index in [0.29, 0.717) is 28.5 Å². The van der Waals surface area contributed by atoms with Crippen molar-refractivity contribution >= 4 is 39.5 Å². The Labute approximate surface area is 231 Å². The molecule has 10 nitrogen and oxygen atoms in total. The Morgan fingerprint density at radius 3 is 2.46 bits per heavy atom. The van der Waals surface area contributed by atoms with Gasteiger partial charge in [0.05, 0.1) is 39.9 Å². The number of Topliss-reactive ketones (excluding diaryl/α,β-unsaturated/α-hetero) is 1. The van der Waals surface area contributed by atoms with Crippen molar-refractivity contribution in [2.45, 2.75) is 50.4 Å². The van der Waals surface area contributed by atoms with Gasteiger partial charge in [-0.3, -0.25) is 9.48 Å². The van der Waals surface area contributed by atoms with Crippen LogP contribution in [0.4, 0.5) is 19.0 Å². The molecule has 2 aliphatic carbocycles. The fourth-order valence-electron chi connectivity index (χ4n) is 5.03. The summed E-state index contributed by atoms with van der Waals surface area (Å²) >= 11 is 0. The molecule has 1 saturated heterocycles. The molecule has 2 saturated carbocycles. The Balaban J connectivity index is 0.000000387. The molecule has 0 spiro atoms. The van der Waals surface area contributed by atoms with E-state index < -0.39 is 12.1 Å². The maximum absolute atomic E-state index is 13.1. The Bertz CT molecular complexity index is 1730. The van der Waals surface area contributed by atoms with Crippen LogP contribution in [0.15, 0.2) is 30.7 Å². The number of aromatic nitrogens is 5. The standard InChI is InChI=1S/C26H25N7O.C2HF3O2/c27-26-23-20(7-1-15-2-8-22-21(11-15)30-14-32(22)17-5-6-17)31-33(18-9-10-28-12-18)24(23)19(13-29-26)25(34)16-3-4-16;3-2(4,5)1(6)7/h2,8,11,13-14,16-18,28H,3-6,9-10,12H2,(H2,27,29);(H,6,7)/t18-;/m0./s1. The second-order valence-corrected chi connectivity index (χ2v) is 10.5. The van der Waals surface area contributed by atoms with Gasteiger partial charge in [0.2, 0.25) is 0 Å². The summed E-state index contributed by atoms with van der Waals surface area (Å²) in [6.45, 7) is 1.73. The lowest BCUT2D eigenvalue weighted by molar-refractivity contribution is -0.192. The molecule has 4 heterocycles. The number of anilines is 1. The van der Waals surface area contributed by atoms with Crippen molar-refractivity contribution < 1.29 is 27.9 Å². The van der Waals surface area contributed by atoms with Gasteiger partial charge in [0, 0.05) is 30.3 Å². The molecule has 1 aliphatic heterocycles. The molecule has 0 unspecified atom stereocenters. The average molecular weight is 566 g/mol. The van der Waals surface area contributed by atoms with Gasteiger partial charge < -0.3 is 20.7 Å². The first-order chi connectivity index (χ1) is 19.6. The van der Waals surface area contributed by atoms with Crippen LogP contribution in [0.2, 0.25) is 0 Å². The molecule has 13 heteroatoms. The molecular formula is C28H26F3N7O3. The van der Waals surface area contributed by atoms with E-state index in [-0.39, 0.29) is 17.7 Å². The zero-order valence-electron chi connectivity index (χ0n) is 21.8. The minimum atomic E-state index is -5.08. The number of carboxylic acids is 1. The summed E-state index contributed by atoms with van der Waals surface area (Å²) in [5.41, 5.74) is 11.3. The van der Waals surface area contributed by atoms with Crippen molar-refractivity contribution in [3.63, 3.8) is 0 Å². The SMILES string of the molecule is Nc1ncc(C(=O)C2CC2)c2c1c(C#Cc1ccc3c(c1)ncn3C1CC1)nn2[C@H]1CCNC1.O=C(O)C(F)(F)F. The molecule has 0 amide bonds. The van der Waals surface area contributed by atoms with Gasteiger partial charge in [-0.1, -0.05) is 5.92 Å². The largest absolute Gasteiger partial charge is 0.490 e. The molecule has 3 aromatic heterocycles. The summed E-state index contributed by atoms with van der Waals surface area (Å²) in [5.74, 6) is 4.33. The monoisotopic (exact) mass is 565 g/mol. The number of fused-ring (bicyclic) bond motifs is 2. The number of nitrogen functional groups attached to an aromatic ring is 1. The molecule has 3 fully saturated rings. The summed E-state index contributed by atoms with van der Waals surface area (Å²) < 4.78 is 36.0. The normalized spacial score (nSPS) is 18.6. The molecule has 0 radical (unpaired) electrons. The van der Waals surface area contributed by atoms with Crippen LogP contribution in [0.5, 0.6) is 0 Å². The van der Waals surface area contributed by atoms with Crippen LogP contribution in [0, 0.1) is 17.8 Å². The topological polar surface area (TPSA) is 141 Å². The Hall–Kier alpha value is -4.44. The zero-order chi connectivity index (χ0) is 28.9. The number of rotatable bonds is 4. The van der Waals surface area contributed by atoms with E-state index in [0.717, 1.165) is 54.5 Å². The lowest BCUT2D eigenvalue weighted by atomic mass is 10.0. The molecule has 4 aromatic rings. The maximum Gasteiger partial charge on any atom is 0.490 e. The number of carboxylic acid groups (broad SMARTS) is 1. The van der Waals surface area contributed by atoms with Gasteiger partial charge in [0.25, 0.3) is 0 Å². The van der Waals surface area contributed by atoms with Gasteiger partial charge in [-0.25, -0.2) is 14.8 Å². The second-order valence-electron chi connectivity index (χ2n) is 10.5. The van der Waals surface area contributed by atoms with Gasteiger partial charge >= 0.3 is 12.1 Å². The first-order valence-electron chi connectivity index (χ1n) is 13.3. The van der Waals surface area contributed by atoms with Gasteiger partial charge in [-0.15, -0.1) is 0 Å². The molecule has 3 aliphatic rings. The third kappa shape index (κ3) is 5.35. The van der Waals surface area contributed by atoms with E-state index in [2.05, 4.69) is 37.8 Å². The van der Waals surface area contributed by atoms with E-state index in [1.807, 2.05) is 23.1 Å². The van der Waals surface area contributed by atoms with Crippen LogP contribution < -0.4 is 11.1 Å². The van der Waals surface area contributed by atoms with Crippen molar-refractivity contribution in [3.05, 3.63) is 47.5 Å². The van der Waals surface area contributed by atoms with E-state index in [1.165, 1.54) is 12.8 Å². The summed E-state index contributed by atoms with van der Waals surface area (Å²) in [5, 5.41) is 16.1. The Morgan fingerprint density at radius 2 is 1.83 bits per heavy atom. The van der Waals surface area contributed by atoms with Crippen LogP contribution >= 0.6 is 0 Å². The lowest BCUT2D eigenvalue weighted by Gasteiger charge is -2.13. The molecule has 1 atom stereocenters. The number of imidazole rings is 1. The smallest absolute Gasteiger partial charge is 0.475 e. The molecule has 1 aromatic carbocycles. The highest BCUT2D eigenvalue weighted by atomic mass is 19.4. The van der Waals surface area contributed by atoms with Crippen molar-refractivity contribution in [1.29, 1.82) is 0 Å². The molecule has 7 rings (SSSR count). The number of aliphatic carboxylic acids is 1. The number of ketones is 1. The van der Waals surface area contributed by atoms with Crippen molar-refractivity contribution in [2.75, 3.05) is 18.8 Å². The van der Waals surface area contributed by atoms with Crippen molar-refractivity contribution in [2.24, 2.45) is 5.92 Å². The van der Waals surface area contributed by atoms with Crippen LogP contribution in [0.3, 0.4) is 0 Å². The summed E-state index contributed by atoms with van der Waals surface area (Å²) in [6, 6.07) is 6.89. The number of carbonyl (C=O) groups excluding carboxylic acids is 1. The third-order valence-corrected chi connectivity index (χ3v) is 7.43. The highest BCUT2D eigenvalue weighted by Gasteiger charge is 2.38. The van der Waals surface area contributed by atoms with Crippen LogP contribution in [-0.2, 0) is 4.79 Å². The van der Waals surface area contributed by atoms with Gasteiger partial charge in [0.15, 0.2) is 5.78 Å². The average Bonchev–Trinajstić information content (AvgIpc) is 3.83. The lowest BCUT2D eigenvalue weighted by Crippen LogP contribution is -2.21. The number of hydrogen-bond acceptors (Lipinski definition) is 7. The van der Waals surface area contributed by atoms with E-state index in [1.54, 1.807) is 6.20 Å². The van der Waals surface area contributed by atoms with Crippen LogP contribution in [0.1, 0.15) is 65.8 Å². The quantitative estimate of drug-likeness (QED) is 0.250. The molecule has 212 valence electrons. The number of halogens is 3. The minimum Gasteiger partial charge on any atom is -0.475 e. The number of alkyl halides is 3. The van der Waals surface area contributed by atoms with E-state index >= 15 is 0 Å². The number of nitrogens with one attached hydrogen (secondary N) is 1. The summed E-state index contributed by atoms with van der Waals surface area (Å²) in [7, 11) is 0. The van der Waals surface area contributed by atoms with Gasteiger partial charge in [-0.05, 0) is 62.8 Å². The predicted octanol–water partition coefficient (Wildman–Crippen LogP) is 3.86. The number of nitrogens with two attached hydrogens (primary N) is 1. The Morgan fingerprint density at radius 1 is 1.07 bits per heavy atom. The highest BCUT2D eigenvalue weighted by molar-refractivity contribution is 6.11. The summed E-state index contributed by atoms with van der Waals surface area (Å²) in [4.78, 5) is 30.9. The summed E-state index contributed by atoms with van der Waals surface area (Å²) in [6.07, 6.45) is 3.74. The fourth-order valence-corrected chi connectivity index (χ4v) is 5.03. The molecule has 41 heavy (non-hydrogen) atoms. The minimum absolute atomic E-state index is 0.0929. The second kappa shape index (κ2) is 10.2. The van der Waals surface area contributed by atoms with Gasteiger partial charge in [-0.2, -0.15) is 18.3 Å².